The first-order valence-corrected chi connectivity index (χ1v) is 12.6. The number of carbonyl (C=O) groups is 2. The van der Waals surface area contributed by atoms with Crippen molar-refractivity contribution >= 4 is 11.6 Å². The number of hydrogen-bond donors (Lipinski definition) is 0. The van der Waals surface area contributed by atoms with Gasteiger partial charge in [-0.15, -0.1) is 0 Å². The van der Waals surface area contributed by atoms with Crippen LogP contribution in [0.25, 0.3) is 0 Å². The highest BCUT2D eigenvalue weighted by molar-refractivity contribution is 6.28. The third kappa shape index (κ3) is 3.37. The van der Waals surface area contributed by atoms with Crippen LogP contribution in [0, 0.1) is 31.1 Å². The average molecular weight is 463 g/mol. The van der Waals surface area contributed by atoms with E-state index in [-0.39, 0.29) is 39.9 Å². The molecule has 0 aliphatic heterocycles. The Kier molecular flexibility index (Phi) is 5.34. The molecule has 2 saturated carbocycles. The first kappa shape index (κ1) is 23.0. The molecule has 0 aromatic carbocycles. The van der Waals surface area contributed by atoms with E-state index in [2.05, 4.69) is 13.8 Å². The van der Waals surface area contributed by atoms with Gasteiger partial charge in [-0.1, -0.05) is 26.7 Å². The molecule has 2 aromatic heterocycles. The van der Waals surface area contributed by atoms with Crippen molar-refractivity contribution in [1.82, 2.24) is 9.13 Å². The number of unbranched alkanes of at least 4 members (excludes halogenated alkanes) is 1. The molecule has 0 bridgehead atoms. The lowest BCUT2D eigenvalue weighted by atomic mass is 9.75. The van der Waals surface area contributed by atoms with Crippen LogP contribution in [0.3, 0.4) is 0 Å². The molecule has 2 heterocycles. The summed E-state index contributed by atoms with van der Waals surface area (Å²) >= 11 is 0. The number of ketones is 2. The maximum Gasteiger partial charge on any atom is 0.251 e. The number of rotatable bonds is 6. The topological polar surface area (TPSA) is 78.1 Å². The predicted octanol–water partition coefficient (Wildman–Crippen LogP) is 4.50. The lowest BCUT2D eigenvalue weighted by Gasteiger charge is -2.39. The van der Waals surface area contributed by atoms with Crippen LogP contribution in [-0.4, -0.2) is 20.7 Å². The van der Waals surface area contributed by atoms with E-state index in [4.69, 9.17) is 0 Å². The molecule has 0 N–H and O–H groups in total. The van der Waals surface area contributed by atoms with Crippen molar-refractivity contribution in [3.63, 3.8) is 0 Å². The number of aromatic nitrogens is 2. The van der Waals surface area contributed by atoms with Crippen molar-refractivity contribution in [2.75, 3.05) is 0 Å². The van der Waals surface area contributed by atoms with Gasteiger partial charge >= 0.3 is 0 Å². The Hall–Kier alpha value is -2.76. The summed E-state index contributed by atoms with van der Waals surface area (Å²) in [6.45, 7) is 8.04. The van der Waals surface area contributed by atoms with E-state index in [0.717, 1.165) is 18.8 Å². The van der Waals surface area contributed by atoms with Crippen LogP contribution in [0.15, 0.2) is 21.7 Å². The number of nitrogens with zero attached hydrogens (tertiary/aromatic N) is 2. The van der Waals surface area contributed by atoms with Gasteiger partial charge in [-0.2, -0.15) is 0 Å². The molecule has 2 aromatic rings. The second kappa shape index (κ2) is 7.89. The van der Waals surface area contributed by atoms with Gasteiger partial charge in [0.25, 0.3) is 11.1 Å². The quantitative estimate of drug-likeness (QED) is 0.540. The maximum atomic E-state index is 13.7. The minimum atomic E-state index is -0.397. The van der Waals surface area contributed by atoms with Crippen molar-refractivity contribution < 1.29 is 9.59 Å². The molecule has 0 radical (unpaired) electrons. The fourth-order valence-electron chi connectivity index (χ4n) is 6.49. The molecule has 2 unspecified atom stereocenters. The molecule has 34 heavy (non-hydrogen) atoms. The first-order chi connectivity index (χ1) is 16.1. The van der Waals surface area contributed by atoms with Crippen molar-refractivity contribution in [1.29, 1.82) is 0 Å². The van der Waals surface area contributed by atoms with Crippen LogP contribution in [0.4, 0.5) is 0 Å². The summed E-state index contributed by atoms with van der Waals surface area (Å²) in [5.74, 6) is 0.646. The van der Waals surface area contributed by atoms with Crippen LogP contribution >= 0.6 is 0 Å². The highest BCUT2D eigenvalue weighted by Crippen LogP contribution is 2.60. The highest BCUT2D eigenvalue weighted by atomic mass is 16.2. The number of aryl methyl sites for hydroxylation is 2. The van der Waals surface area contributed by atoms with Crippen molar-refractivity contribution in [2.45, 2.75) is 78.7 Å². The van der Waals surface area contributed by atoms with Gasteiger partial charge in [-0.25, -0.2) is 0 Å². The normalized spacial score (nSPS) is 27.3. The largest absolute Gasteiger partial charge is 0.308 e. The van der Waals surface area contributed by atoms with E-state index in [1.807, 2.05) is 0 Å². The molecule has 0 spiro atoms. The Labute approximate surface area is 200 Å². The summed E-state index contributed by atoms with van der Waals surface area (Å²) < 4.78 is 2.81. The third-order valence-electron chi connectivity index (χ3n) is 8.80. The van der Waals surface area contributed by atoms with Crippen LogP contribution in [0.5, 0.6) is 0 Å². The standard InChI is InChI=1S/C28H34N2O4/c1-6-7-8-28(4)14-18(28)11-17-12-19(13-17)30-21(32)10-16(3)23-25(30)27(34)24-22(26(23)33)15(2)9-20(31)29(24)5/h9-10,17-19H,6-8,11-14H2,1-5H3. The summed E-state index contributed by atoms with van der Waals surface area (Å²) in [7, 11) is 1.51. The lowest BCUT2D eigenvalue weighted by Crippen LogP contribution is -2.42. The molecule has 3 aliphatic rings. The summed E-state index contributed by atoms with van der Waals surface area (Å²) in [4.78, 5) is 52.8. The fraction of sp³-hybridized carbons (Fsp3) is 0.571. The van der Waals surface area contributed by atoms with Gasteiger partial charge in [0.15, 0.2) is 5.78 Å². The zero-order valence-electron chi connectivity index (χ0n) is 20.9. The van der Waals surface area contributed by atoms with Crippen LogP contribution < -0.4 is 11.1 Å². The van der Waals surface area contributed by atoms with Gasteiger partial charge in [0.1, 0.15) is 11.4 Å². The van der Waals surface area contributed by atoms with E-state index < -0.39 is 5.78 Å². The van der Waals surface area contributed by atoms with Crippen LogP contribution in [0.2, 0.25) is 0 Å². The Morgan fingerprint density at radius 3 is 2.21 bits per heavy atom. The predicted molar refractivity (Wildman–Crippen MR) is 131 cm³/mol. The number of pyridine rings is 2. The minimum absolute atomic E-state index is 0.0763. The summed E-state index contributed by atoms with van der Waals surface area (Å²) in [6.07, 6.45) is 8.01. The zero-order chi connectivity index (χ0) is 24.5. The molecule has 0 saturated heterocycles. The van der Waals surface area contributed by atoms with Gasteiger partial charge in [0.2, 0.25) is 5.78 Å². The number of carbonyl (C=O) groups excluding carboxylic acids is 2. The smallest absolute Gasteiger partial charge is 0.251 e. The van der Waals surface area contributed by atoms with Gasteiger partial charge in [0, 0.05) is 25.2 Å². The van der Waals surface area contributed by atoms with Crippen molar-refractivity contribution in [3.8, 4) is 0 Å². The van der Waals surface area contributed by atoms with E-state index >= 15 is 0 Å². The second-order valence-electron chi connectivity index (χ2n) is 11.3. The number of fused-ring (bicyclic) bond motifs is 2. The van der Waals surface area contributed by atoms with Crippen molar-refractivity contribution in [2.24, 2.45) is 24.3 Å². The molecule has 3 aliphatic carbocycles. The molecular formula is C28H34N2O4. The Bertz CT molecular complexity index is 1340. The molecule has 5 rings (SSSR count). The zero-order valence-corrected chi connectivity index (χ0v) is 20.9. The lowest BCUT2D eigenvalue weighted by molar-refractivity contribution is 0.0946. The molecule has 2 fully saturated rings. The van der Waals surface area contributed by atoms with Gasteiger partial charge in [-0.05, 0) is 74.3 Å². The minimum Gasteiger partial charge on any atom is -0.308 e. The van der Waals surface area contributed by atoms with E-state index in [1.54, 1.807) is 18.4 Å². The summed E-state index contributed by atoms with van der Waals surface area (Å²) in [5.41, 5.74) is 1.80. The molecule has 2 atom stereocenters. The molecule has 6 heteroatoms. The fourth-order valence-corrected chi connectivity index (χ4v) is 6.49. The Morgan fingerprint density at radius 2 is 1.56 bits per heavy atom. The average Bonchev–Trinajstić information content (AvgIpc) is 3.39. The molecular weight excluding hydrogens is 428 g/mol. The van der Waals surface area contributed by atoms with E-state index in [1.165, 1.54) is 55.9 Å². The summed E-state index contributed by atoms with van der Waals surface area (Å²) in [6, 6.07) is 2.80. The van der Waals surface area contributed by atoms with Gasteiger partial charge < -0.3 is 9.13 Å². The second-order valence-corrected chi connectivity index (χ2v) is 11.3. The third-order valence-corrected chi connectivity index (χ3v) is 8.80. The van der Waals surface area contributed by atoms with Gasteiger partial charge in [0.05, 0.1) is 11.1 Å². The maximum absolute atomic E-state index is 13.7. The van der Waals surface area contributed by atoms with Crippen LogP contribution in [0.1, 0.15) is 108 Å². The van der Waals surface area contributed by atoms with Crippen LogP contribution in [-0.2, 0) is 7.05 Å². The molecule has 0 amide bonds. The van der Waals surface area contributed by atoms with E-state index in [0.29, 0.717) is 28.0 Å². The Morgan fingerprint density at radius 1 is 0.941 bits per heavy atom. The van der Waals surface area contributed by atoms with Crippen molar-refractivity contribution in [3.05, 3.63) is 66.5 Å². The Balaban J connectivity index is 1.46. The van der Waals surface area contributed by atoms with Gasteiger partial charge in [-0.3, -0.25) is 19.2 Å². The summed E-state index contributed by atoms with van der Waals surface area (Å²) in [5, 5.41) is 0. The molecule has 180 valence electrons. The highest BCUT2D eigenvalue weighted by Gasteiger charge is 2.51. The van der Waals surface area contributed by atoms with E-state index in [9.17, 15) is 19.2 Å². The SMILES string of the molecule is CCCCC1(C)CC1CC1CC(n2c3c(c(C)cc2=O)C(=O)c2c(C)cc(=O)n(C)c2C3=O)C1. The monoisotopic (exact) mass is 462 g/mol. The first-order valence-electron chi connectivity index (χ1n) is 12.6. The molecule has 6 nitrogen and oxygen atoms in total. The number of hydrogen-bond acceptors (Lipinski definition) is 4.